The Morgan fingerprint density at radius 2 is 1.97 bits per heavy atom. The number of carbonyl (C=O) groups is 1. The van der Waals surface area contributed by atoms with E-state index in [4.69, 9.17) is 5.41 Å². The highest BCUT2D eigenvalue weighted by Gasteiger charge is 2.47. The van der Waals surface area contributed by atoms with Gasteiger partial charge in [0, 0.05) is 11.9 Å². The van der Waals surface area contributed by atoms with Crippen molar-refractivity contribution in [1.29, 1.82) is 10.7 Å². The van der Waals surface area contributed by atoms with Crippen molar-refractivity contribution in [3.05, 3.63) is 87.6 Å². The van der Waals surface area contributed by atoms with E-state index < -0.39 is 5.54 Å². The predicted molar refractivity (Wildman–Crippen MR) is 134 cm³/mol. The number of rotatable bonds is 5. The van der Waals surface area contributed by atoms with Crippen LogP contribution in [0.3, 0.4) is 0 Å². The van der Waals surface area contributed by atoms with E-state index in [1.165, 1.54) is 10.5 Å². The van der Waals surface area contributed by atoms with Crippen LogP contribution >= 0.6 is 11.3 Å². The molecule has 33 heavy (non-hydrogen) atoms. The van der Waals surface area contributed by atoms with Crippen molar-refractivity contribution in [2.75, 3.05) is 7.05 Å². The fraction of sp³-hybridized carbons (Fsp3) is 0.222. The van der Waals surface area contributed by atoms with E-state index in [0.717, 1.165) is 21.6 Å². The van der Waals surface area contributed by atoms with E-state index in [1.54, 1.807) is 24.5 Å². The predicted octanol–water partition coefficient (Wildman–Crippen LogP) is 5.53. The lowest BCUT2D eigenvalue weighted by Gasteiger charge is -2.44. The van der Waals surface area contributed by atoms with Gasteiger partial charge in [0.2, 0.25) is 5.91 Å². The second kappa shape index (κ2) is 9.05. The lowest BCUT2D eigenvalue weighted by Crippen LogP contribution is -2.63. The van der Waals surface area contributed by atoms with Gasteiger partial charge in [-0.25, -0.2) is 0 Å². The summed E-state index contributed by atoms with van der Waals surface area (Å²) in [5.74, 6) is -0.339. The first-order valence-electron chi connectivity index (χ1n) is 10.8. The average molecular weight is 455 g/mol. The van der Waals surface area contributed by atoms with Crippen LogP contribution < -0.4 is 5.32 Å². The number of nitrogens with one attached hydrogen (secondary N) is 2. The van der Waals surface area contributed by atoms with E-state index >= 15 is 0 Å². The maximum absolute atomic E-state index is 13.3. The van der Waals surface area contributed by atoms with Gasteiger partial charge < -0.3 is 5.32 Å². The molecule has 2 atom stereocenters. The molecule has 0 saturated carbocycles. The number of thiophene rings is 1. The molecule has 4 rings (SSSR count). The van der Waals surface area contributed by atoms with Crippen molar-refractivity contribution in [2.24, 2.45) is 5.92 Å². The molecular formula is C27H26N4OS. The van der Waals surface area contributed by atoms with Crippen molar-refractivity contribution in [3.8, 4) is 17.2 Å². The molecule has 0 radical (unpaired) electrons. The van der Waals surface area contributed by atoms with E-state index in [-0.39, 0.29) is 17.8 Å². The van der Waals surface area contributed by atoms with Crippen LogP contribution in [0.2, 0.25) is 0 Å². The Labute approximate surface area is 198 Å². The number of aryl methyl sites for hydroxylation is 1. The second-order valence-corrected chi connectivity index (χ2v) is 9.48. The number of guanidine groups is 1. The Morgan fingerprint density at radius 1 is 1.21 bits per heavy atom. The van der Waals surface area contributed by atoms with Crippen molar-refractivity contribution in [3.63, 3.8) is 0 Å². The molecule has 1 aliphatic rings. The molecule has 2 N–H and O–H groups in total. The molecule has 0 aliphatic carbocycles. The molecule has 1 aromatic heterocycles. The van der Waals surface area contributed by atoms with Crippen LogP contribution in [0.25, 0.3) is 17.2 Å². The summed E-state index contributed by atoms with van der Waals surface area (Å²) in [6, 6.07) is 20.0. The van der Waals surface area contributed by atoms with Crippen LogP contribution in [0.1, 0.15) is 34.9 Å². The molecule has 1 fully saturated rings. The Hall–Kier alpha value is -3.69. The highest BCUT2D eigenvalue weighted by atomic mass is 32.1. The summed E-state index contributed by atoms with van der Waals surface area (Å²) in [5.41, 5.74) is 4.16. The van der Waals surface area contributed by atoms with Crippen LogP contribution in [0.5, 0.6) is 0 Å². The number of nitriles is 1. The maximum Gasteiger partial charge on any atom is 0.235 e. The highest BCUT2D eigenvalue weighted by molar-refractivity contribution is 7.10. The summed E-state index contributed by atoms with van der Waals surface area (Å²) < 4.78 is 0. The SMILES string of the molecule is Cc1ccc(/C=C/CC2C(=O)N(C)C(=N)N[C@]2(C)c2cc(-c3cccc(C#N)c3)cs2)cc1. The van der Waals surface area contributed by atoms with Gasteiger partial charge in [0.15, 0.2) is 5.96 Å². The maximum atomic E-state index is 13.3. The summed E-state index contributed by atoms with van der Waals surface area (Å²) in [5, 5.41) is 22.9. The Kier molecular flexibility index (Phi) is 6.17. The number of benzene rings is 2. The molecule has 1 unspecified atom stereocenters. The largest absolute Gasteiger partial charge is 0.345 e. The zero-order chi connectivity index (χ0) is 23.6. The second-order valence-electron chi connectivity index (χ2n) is 8.57. The van der Waals surface area contributed by atoms with Crippen molar-refractivity contribution in [2.45, 2.75) is 25.8 Å². The molecule has 166 valence electrons. The van der Waals surface area contributed by atoms with Crippen LogP contribution in [-0.2, 0) is 10.3 Å². The molecule has 1 saturated heterocycles. The fourth-order valence-corrected chi connectivity index (χ4v) is 5.21. The van der Waals surface area contributed by atoms with Gasteiger partial charge in [0.05, 0.1) is 23.1 Å². The van der Waals surface area contributed by atoms with Gasteiger partial charge in [-0.2, -0.15) is 5.26 Å². The number of allylic oxidation sites excluding steroid dienone is 1. The Morgan fingerprint density at radius 3 is 2.70 bits per heavy atom. The minimum atomic E-state index is -0.714. The zero-order valence-corrected chi connectivity index (χ0v) is 19.7. The topological polar surface area (TPSA) is 80.0 Å². The molecule has 0 spiro atoms. The zero-order valence-electron chi connectivity index (χ0n) is 18.9. The normalized spacial score (nSPS) is 20.7. The summed E-state index contributed by atoms with van der Waals surface area (Å²) >= 11 is 1.57. The minimum absolute atomic E-state index is 0.0729. The smallest absolute Gasteiger partial charge is 0.235 e. The van der Waals surface area contributed by atoms with Crippen LogP contribution in [0, 0.1) is 29.6 Å². The van der Waals surface area contributed by atoms with Crippen LogP contribution in [-0.4, -0.2) is 23.8 Å². The number of carbonyl (C=O) groups excluding carboxylic acids is 1. The number of nitrogens with zero attached hydrogens (tertiary/aromatic N) is 2. The summed E-state index contributed by atoms with van der Waals surface area (Å²) in [4.78, 5) is 15.6. The molecule has 1 aliphatic heterocycles. The molecular weight excluding hydrogens is 428 g/mol. The first-order chi connectivity index (χ1) is 15.8. The van der Waals surface area contributed by atoms with Gasteiger partial charge in [-0.3, -0.25) is 15.1 Å². The number of hydrogen-bond acceptors (Lipinski definition) is 4. The standard InChI is InChI=1S/C27H26N4OS/c1-18-10-12-19(13-11-18)6-5-9-23-25(32)31(3)26(29)30-27(23,2)24-15-22(17-33-24)21-8-4-7-20(14-21)16-28/h4-8,10-15,17,23H,9H2,1-3H3,(H2,29,30)/b6-5+/t23?,27-/m0/s1. The van der Waals surface area contributed by atoms with E-state index in [1.807, 2.05) is 42.7 Å². The Bertz CT molecular complexity index is 1270. The first-order valence-corrected chi connectivity index (χ1v) is 11.7. The third-order valence-corrected chi connectivity index (χ3v) is 7.40. The first kappa shape index (κ1) is 22.5. The summed E-state index contributed by atoms with van der Waals surface area (Å²) in [6.07, 6.45) is 4.63. The van der Waals surface area contributed by atoms with Gasteiger partial charge in [0.1, 0.15) is 0 Å². The number of amides is 1. The fourth-order valence-electron chi connectivity index (χ4n) is 4.12. The van der Waals surface area contributed by atoms with Crippen molar-refractivity contribution < 1.29 is 4.79 Å². The third-order valence-electron chi connectivity index (χ3n) is 6.23. The van der Waals surface area contributed by atoms with Gasteiger partial charge in [0.25, 0.3) is 0 Å². The van der Waals surface area contributed by atoms with E-state index in [0.29, 0.717) is 12.0 Å². The molecule has 2 aromatic carbocycles. The molecule has 5 nitrogen and oxygen atoms in total. The molecule has 2 heterocycles. The van der Waals surface area contributed by atoms with Crippen LogP contribution in [0.4, 0.5) is 0 Å². The molecule has 0 bridgehead atoms. The lowest BCUT2D eigenvalue weighted by molar-refractivity contribution is -0.135. The van der Waals surface area contributed by atoms with Gasteiger partial charge in [-0.05, 0) is 60.5 Å². The lowest BCUT2D eigenvalue weighted by atomic mass is 9.79. The van der Waals surface area contributed by atoms with Gasteiger partial charge in [-0.1, -0.05) is 54.1 Å². The van der Waals surface area contributed by atoms with Crippen molar-refractivity contribution in [1.82, 2.24) is 10.2 Å². The summed E-state index contributed by atoms with van der Waals surface area (Å²) in [7, 11) is 1.64. The van der Waals surface area contributed by atoms with Crippen molar-refractivity contribution >= 4 is 29.3 Å². The Balaban J connectivity index is 1.65. The monoisotopic (exact) mass is 454 g/mol. The van der Waals surface area contributed by atoms with Gasteiger partial charge >= 0.3 is 0 Å². The molecule has 6 heteroatoms. The molecule has 1 amide bonds. The molecule has 3 aromatic rings. The van der Waals surface area contributed by atoms with E-state index in [2.05, 4.69) is 48.6 Å². The van der Waals surface area contributed by atoms with Crippen LogP contribution in [0.15, 0.2) is 66.1 Å². The summed E-state index contributed by atoms with van der Waals surface area (Å²) in [6.45, 7) is 4.06. The number of hydrogen-bond donors (Lipinski definition) is 2. The quantitative estimate of drug-likeness (QED) is 0.532. The average Bonchev–Trinajstić information content (AvgIpc) is 3.32. The van der Waals surface area contributed by atoms with Gasteiger partial charge in [-0.15, -0.1) is 11.3 Å². The minimum Gasteiger partial charge on any atom is -0.345 e. The van der Waals surface area contributed by atoms with E-state index in [9.17, 15) is 10.1 Å². The third kappa shape index (κ3) is 4.46. The highest BCUT2D eigenvalue weighted by Crippen LogP contribution is 2.41.